The van der Waals surface area contributed by atoms with Crippen LogP contribution in [-0.2, 0) is 9.84 Å². The van der Waals surface area contributed by atoms with Crippen molar-refractivity contribution in [1.29, 1.82) is 5.26 Å². The molecule has 3 nitrogen and oxygen atoms in total. The van der Waals surface area contributed by atoms with Gasteiger partial charge in [-0.15, -0.1) is 0 Å². The molecular weight excluding hydrogens is 218 g/mol. The highest BCUT2D eigenvalue weighted by molar-refractivity contribution is 9.11. The summed E-state index contributed by atoms with van der Waals surface area (Å²) < 4.78 is 20.5. The first kappa shape index (κ1) is 9.92. The highest BCUT2D eigenvalue weighted by Gasteiger charge is 2.34. The number of nitriles is 1. The summed E-state index contributed by atoms with van der Waals surface area (Å²) in [5, 5.41) is 8.38. The van der Waals surface area contributed by atoms with Gasteiger partial charge in [-0.05, 0) is 6.92 Å². The van der Waals surface area contributed by atoms with E-state index in [2.05, 4.69) is 15.9 Å². The fourth-order valence-electron chi connectivity index (χ4n) is 0.341. The zero-order valence-corrected chi connectivity index (χ0v) is 8.16. The van der Waals surface area contributed by atoms with Crippen molar-refractivity contribution in [1.82, 2.24) is 0 Å². The minimum absolute atomic E-state index is 0.0255. The van der Waals surface area contributed by atoms with Crippen LogP contribution in [0.25, 0.3) is 0 Å². The first-order chi connectivity index (χ1) is 4.37. The van der Waals surface area contributed by atoms with Crippen LogP contribution in [0.4, 0.5) is 0 Å². The summed E-state index contributed by atoms with van der Waals surface area (Å²) in [7, 11) is -3.29. The molecule has 0 aliphatic carbocycles. The first-order valence-electron chi connectivity index (χ1n) is 2.70. The van der Waals surface area contributed by atoms with Gasteiger partial charge in [-0.25, -0.2) is 8.42 Å². The number of hydrogen-bond acceptors (Lipinski definition) is 3. The zero-order chi connectivity index (χ0) is 8.41. The Balaban J connectivity index is 4.88. The molecule has 0 saturated heterocycles. The van der Waals surface area contributed by atoms with Gasteiger partial charge in [-0.3, -0.25) is 0 Å². The molecule has 1 atom stereocenters. The van der Waals surface area contributed by atoms with Crippen molar-refractivity contribution in [2.45, 2.75) is 17.5 Å². The fourth-order valence-corrected chi connectivity index (χ4v) is 1.71. The van der Waals surface area contributed by atoms with Crippen LogP contribution in [0.1, 0.15) is 13.8 Å². The summed E-state index contributed by atoms with van der Waals surface area (Å²) in [6.07, 6.45) is 0. The van der Waals surface area contributed by atoms with Crippen molar-refractivity contribution >= 4 is 25.8 Å². The third-order valence-electron chi connectivity index (χ3n) is 1.16. The summed E-state index contributed by atoms with van der Waals surface area (Å²) in [5.41, 5.74) is 0. The Morgan fingerprint density at radius 1 is 1.70 bits per heavy atom. The number of nitrogens with zero attached hydrogens (tertiary/aromatic N) is 1. The van der Waals surface area contributed by atoms with E-state index >= 15 is 0 Å². The first-order valence-corrected chi connectivity index (χ1v) is 5.14. The van der Waals surface area contributed by atoms with Gasteiger partial charge in [-0.2, -0.15) is 5.26 Å². The fraction of sp³-hybridized carbons (Fsp3) is 0.800. The zero-order valence-electron chi connectivity index (χ0n) is 5.76. The van der Waals surface area contributed by atoms with Crippen molar-refractivity contribution < 1.29 is 8.42 Å². The quantitative estimate of drug-likeness (QED) is 0.661. The van der Waals surface area contributed by atoms with Crippen LogP contribution < -0.4 is 0 Å². The molecule has 0 fully saturated rings. The second kappa shape index (κ2) is 2.89. The molecule has 0 bridgehead atoms. The molecule has 0 aliphatic heterocycles. The van der Waals surface area contributed by atoms with E-state index in [1.165, 1.54) is 13.8 Å². The Hall–Kier alpha value is -0.0800. The van der Waals surface area contributed by atoms with Gasteiger partial charge in [0.05, 0.1) is 6.07 Å². The Morgan fingerprint density at radius 2 is 2.10 bits per heavy atom. The Labute approximate surface area is 69.1 Å². The predicted molar refractivity (Wildman–Crippen MR) is 42.4 cm³/mol. The Bertz CT molecular complexity index is 249. The van der Waals surface area contributed by atoms with E-state index in [4.69, 9.17) is 5.26 Å². The van der Waals surface area contributed by atoms with Gasteiger partial charge in [-0.1, -0.05) is 22.9 Å². The second-order valence-electron chi connectivity index (χ2n) is 1.93. The van der Waals surface area contributed by atoms with E-state index in [0.717, 1.165) is 0 Å². The van der Waals surface area contributed by atoms with Crippen molar-refractivity contribution in [2.75, 3.05) is 5.75 Å². The van der Waals surface area contributed by atoms with Crippen LogP contribution in [0.5, 0.6) is 0 Å². The third kappa shape index (κ3) is 1.70. The highest BCUT2D eigenvalue weighted by Crippen LogP contribution is 2.23. The summed E-state index contributed by atoms with van der Waals surface area (Å²) in [6.45, 7) is 2.83. The van der Waals surface area contributed by atoms with Crippen LogP contribution in [0.3, 0.4) is 0 Å². The number of sulfone groups is 1. The molecule has 0 amide bonds. The smallest absolute Gasteiger partial charge is 0.209 e. The van der Waals surface area contributed by atoms with Gasteiger partial charge < -0.3 is 0 Å². The standard InChI is InChI=1S/C5H8BrNO2S/c1-3-10(8,9)5(2,6)4-7/h3H2,1-2H3/t5-/m0/s1. The average Bonchev–Trinajstić information content (AvgIpc) is 1.88. The van der Waals surface area contributed by atoms with Crippen molar-refractivity contribution in [3.05, 3.63) is 0 Å². The van der Waals surface area contributed by atoms with Crippen molar-refractivity contribution in [2.24, 2.45) is 0 Å². The number of rotatable bonds is 2. The number of alkyl halides is 1. The van der Waals surface area contributed by atoms with E-state index < -0.39 is 13.5 Å². The minimum Gasteiger partial charge on any atom is -0.226 e. The Kier molecular flexibility index (Phi) is 2.86. The molecule has 0 aromatic rings. The maximum Gasteiger partial charge on any atom is 0.209 e. The highest BCUT2D eigenvalue weighted by atomic mass is 79.9. The lowest BCUT2D eigenvalue weighted by atomic mass is 10.5. The van der Waals surface area contributed by atoms with Crippen LogP contribution in [0, 0.1) is 11.3 Å². The van der Waals surface area contributed by atoms with Crippen molar-refractivity contribution in [3.8, 4) is 6.07 Å². The van der Waals surface area contributed by atoms with Gasteiger partial charge in [0.15, 0.2) is 9.84 Å². The molecule has 10 heavy (non-hydrogen) atoms. The lowest BCUT2D eigenvalue weighted by Crippen LogP contribution is -2.27. The van der Waals surface area contributed by atoms with E-state index in [-0.39, 0.29) is 5.75 Å². The molecule has 0 aromatic carbocycles. The molecule has 0 N–H and O–H groups in total. The molecule has 0 rings (SSSR count). The van der Waals surface area contributed by atoms with Gasteiger partial charge in [0.25, 0.3) is 0 Å². The minimum atomic E-state index is -3.29. The van der Waals surface area contributed by atoms with Crippen LogP contribution in [0.15, 0.2) is 0 Å². The molecule has 0 aromatic heterocycles. The molecular formula is C5H8BrNO2S. The van der Waals surface area contributed by atoms with Crippen molar-refractivity contribution in [3.63, 3.8) is 0 Å². The number of hydrogen-bond donors (Lipinski definition) is 0. The third-order valence-corrected chi connectivity index (χ3v) is 4.84. The molecule has 0 radical (unpaired) electrons. The SMILES string of the molecule is CCS(=O)(=O)[C@](C)(Br)C#N. The van der Waals surface area contributed by atoms with Gasteiger partial charge in [0.2, 0.25) is 3.66 Å². The summed E-state index contributed by atoms with van der Waals surface area (Å²) in [5.74, 6) is -0.0255. The largest absolute Gasteiger partial charge is 0.226 e. The van der Waals surface area contributed by atoms with E-state index in [1.54, 1.807) is 6.07 Å². The van der Waals surface area contributed by atoms with E-state index in [1.807, 2.05) is 0 Å². The molecule has 0 heterocycles. The van der Waals surface area contributed by atoms with Crippen LogP contribution in [-0.4, -0.2) is 17.8 Å². The molecule has 0 aliphatic rings. The lowest BCUT2D eigenvalue weighted by molar-refractivity contribution is 0.590. The summed E-state index contributed by atoms with van der Waals surface area (Å²) >= 11 is 2.81. The maximum absolute atomic E-state index is 11.0. The van der Waals surface area contributed by atoms with E-state index in [9.17, 15) is 8.42 Å². The molecule has 0 unspecified atom stereocenters. The van der Waals surface area contributed by atoms with Gasteiger partial charge in [0.1, 0.15) is 0 Å². The predicted octanol–water partition coefficient (Wildman–Crippen LogP) is 1.06. The Morgan fingerprint density at radius 3 is 2.20 bits per heavy atom. The molecule has 58 valence electrons. The summed E-state index contributed by atoms with van der Waals surface area (Å²) in [6, 6.07) is 1.66. The van der Waals surface area contributed by atoms with Crippen LogP contribution in [0.2, 0.25) is 0 Å². The summed E-state index contributed by atoms with van der Waals surface area (Å²) in [4.78, 5) is 0. The monoisotopic (exact) mass is 225 g/mol. The van der Waals surface area contributed by atoms with Gasteiger partial charge >= 0.3 is 0 Å². The maximum atomic E-state index is 11.0. The molecule has 5 heteroatoms. The molecule has 0 saturated carbocycles. The second-order valence-corrected chi connectivity index (χ2v) is 6.67. The normalized spacial score (nSPS) is 17.4. The molecule has 0 spiro atoms. The van der Waals surface area contributed by atoms with E-state index in [0.29, 0.717) is 0 Å². The topological polar surface area (TPSA) is 57.9 Å². The van der Waals surface area contributed by atoms with Crippen LogP contribution >= 0.6 is 15.9 Å². The van der Waals surface area contributed by atoms with Gasteiger partial charge in [0, 0.05) is 5.75 Å². The average molecular weight is 226 g/mol. The lowest BCUT2D eigenvalue weighted by Gasteiger charge is -2.11. The number of halogens is 1.